The van der Waals surface area contributed by atoms with Gasteiger partial charge in [-0.3, -0.25) is 9.09 Å². The van der Waals surface area contributed by atoms with Crippen LogP contribution in [0.3, 0.4) is 0 Å². The molecule has 3 aromatic rings. The number of halogens is 3. The number of imidazole rings is 1. The van der Waals surface area contributed by atoms with Gasteiger partial charge in [0, 0.05) is 6.54 Å². The smallest absolute Gasteiger partial charge is 0.387 e. The van der Waals surface area contributed by atoms with Gasteiger partial charge >= 0.3 is 7.82 Å². The summed E-state index contributed by atoms with van der Waals surface area (Å²) in [5, 5.41) is 24.6. The van der Waals surface area contributed by atoms with Crippen molar-refractivity contribution in [3.8, 4) is 0 Å². The number of aliphatic hydroxyl groups is 2. The maximum Gasteiger partial charge on any atom is 0.469 e. The van der Waals surface area contributed by atoms with E-state index in [0.717, 1.165) is 0 Å². The predicted octanol–water partition coefficient (Wildman–Crippen LogP) is 2.13. The SMILES string of the molecule is O=P(O)(O)OC[C@H]1O[C@@H](n2cnc3c(NCc4ccc(Cl)c(Cl)c4Cl)ncnc32)[C@H](O)[C@@H]1O. The summed E-state index contributed by atoms with van der Waals surface area (Å²) in [4.78, 5) is 30.3. The lowest BCUT2D eigenvalue weighted by atomic mass is 10.1. The fourth-order valence-electron chi connectivity index (χ4n) is 3.32. The zero-order valence-electron chi connectivity index (χ0n) is 16.4. The lowest BCUT2D eigenvalue weighted by Gasteiger charge is -2.16. The third-order valence-electron chi connectivity index (χ3n) is 4.94. The van der Waals surface area contributed by atoms with Crippen LogP contribution in [0.5, 0.6) is 0 Å². The van der Waals surface area contributed by atoms with Crippen LogP contribution < -0.4 is 5.32 Å². The summed E-state index contributed by atoms with van der Waals surface area (Å²) in [6, 6.07) is 3.33. The number of phosphoric ester groups is 1. The molecule has 3 heterocycles. The first kappa shape index (κ1) is 24.6. The van der Waals surface area contributed by atoms with Gasteiger partial charge in [0.1, 0.15) is 24.6 Å². The first-order valence-electron chi connectivity index (χ1n) is 9.32. The molecule has 33 heavy (non-hydrogen) atoms. The van der Waals surface area contributed by atoms with Crippen molar-refractivity contribution in [2.75, 3.05) is 11.9 Å². The summed E-state index contributed by atoms with van der Waals surface area (Å²) in [7, 11) is -4.78. The van der Waals surface area contributed by atoms with Crippen LogP contribution in [-0.4, -0.2) is 64.4 Å². The van der Waals surface area contributed by atoms with Crippen molar-refractivity contribution in [3.63, 3.8) is 0 Å². The molecule has 0 radical (unpaired) electrons. The van der Waals surface area contributed by atoms with Crippen molar-refractivity contribution in [1.29, 1.82) is 0 Å². The lowest BCUT2D eigenvalue weighted by Crippen LogP contribution is -2.33. The van der Waals surface area contributed by atoms with E-state index in [2.05, 4.69) is 24.8 Å². The Morgan fingerprint density at radius 3 is 2.61 bits per heavy atom. The zero-order chi connectivity index (χ0) is 23.9. The summed E-state index contributed by atoms with van der Waals surface area (Å²) < 4.78 is 22.3. The minimum atomic E-state index is -4.78. The molecule has 2 aromatic heterocycles. The second-order valence-electron chi connectivity index (χ2n) is 7.07. The second-order valence-corrected chi connectivity index (χ2v) is 9.47. The molecule has 1 aliphatic rings. The molecule has 1 saturated heterocycles. The minimum Gasteiger partial charge on any atom is -0.387 e. The van der Waals surface area contributed by atoms with Gasteiger partial charge in [-0.2, -0.15) is 0 Å². The molecule has 1 fully saturated rings. The number of phosphoric acid groups is 1. The predicted molar refractivity (Wildman–Crippen MR) is 118 cm³/mol. The topological polar surface area (TPSA) is 172 Å². The molecule has 4 rings (SSSR count). The molecule has 1 aromatic carbocycles. The van der Waals surface area contributed by atoms with E-state index in [1.807, 2.05) is 0 Å². The summed E-state index contributed by atoms with van der Waals surface area (Å²) in [6.07, 6.45) is -2.62. The van der Waals surface area contributed by atoms with Crippen LogP contribution in [0.1, 0.15) is 11.8 Å². The van der Waals surface area contributed by atoms with Crippen molar-refractivity contribution in [3.05, 3.63) is 45.4 Å². The maximum atomic E-state index is 10.9. The van der Waals surface area contributed by atoms with E-state index in [9.17, 15) is 14.8 Å². The zero-order valence-corrected chi connectivity index (χ0v) is 19.6. The molecule has 0 amide bonds. The summed E-state index contributed by atoms with van der Waals surface area (Å²) in [6.45, 7) is -0.379. The van der Waals surface area contributed by atoms with Gasteiger partial charge in [0.15, 0.2) is 23.2 Å². The van der Waals surface area contributed by atoms with Crippen molar-refractivity contribution < 1.29 is 33.8 Å². The summed E-state index contributed by atoms with van der Waals surface area (Å²) in [5.74, 6) is 0.357. The highest BCUT2D eigenvalue weighted by atomic mass is 35.5. The summed E-state index contributed by atoms with van der Waals surface area (Å²) in [5.41, 5.74) is 1.29. The number of rotatable bonds is 7. The van der Waals surface area contributed by atoms with Crippen molar-refractivity contribution in [2.45, 2.75) is 31.1 Å². The molecule has 16 heteroatoms. The van der Waals surface area contributed by atoms with Gasteiger partial charge in [-0.05, 0) is 11.6 Å². The van der Waals surface area contributed by atoms with E-state index in [1.54, 1.807) is 12.1 Å². The van der Waals surface area contributed by atoms with E-state index in [-0.39, 0.29) is 17.2 Å². The molecule has 0 aliphatic carbocycles. The number of hydrogen-bond donors (Lipinski definition) is 5. The first-order chi connectivity index (χ1) is 15.6. The van der Waals surface area contributed by atoms with E-state index in [4.69, 9.17) is 49.3 Å². The molecule has 0 bridgehead atoms. The molecule has 12 nitrogen and oxygen atoms in total. The van der Waals surface area contributed by atoms with Gasteiger partial charge in [0.25, 0.3) is 0 Å². The number of nitrogens with zero attached hydrogens (tertiary/aromatic N) is 4. The Balaban J connectivity index is 1.55. The quantitative estimate of drug-likeness (QED) is 0.219. The number of ether oxygens (including phenoxy) is 1. The highest BCUT2D eigenvalue weighted by molar-refractivity contribution is 7.46. The number of nitrogens with one attached hydrogen (secondary N) is 1. The second kappa shape index (κ2) is 9.59. The Hall–Kier alpha value is -1.57. The lowest BCUT2D eigenvalue weighted by molar-refractivity contribution is -0.0504. The van der Waals surface area contributed by atoms with E-state index < -0.39 is 39.0 Å². The third-order valence-corrected chi connectivity index (χ3v) is 6.76. The Bertz CT molecular complexity index is 1230. The number of anilines is 1. The fraction of sp³-hybridized carbons (Fsp3) is 0.353. The highest BCUT2D eigenvalue weighted by Crippen LogP contribution is 2.39. The Morgan fingerprint density at radius 2 is 1.88 bits per heavy atom. The monoisotopic (exact) mass is 539 g/mol. The van der Waals surface area contributed by atoms with E-state index >= 15 is 0 Å². The number of fused-ring (bicyclic) bond motifs is 1. The molecule has 1 aliphatic heterocycles. The van der Waals surface area contributed by atoms with Crippen molar-refractivity contribution >= 4 is 59.6 Å². The van der Waals surface area contributed by atoms with Gasteiger partial charge < -0.3 is 30.1 Å². The van der Waals surface area contributed by atoms with Crippen LogP contribution in [-0.2, 0) is 20.4 Å². The largest absolute Gasteiger partial charge is 0.469 e. The molecule has 0 unspecified atom stereocenters. The number of hydrogen-bond acceptors (Lipinski definition) is 9. The fourth-order valence-corrected chi connectivity index (χ4v) is 4.28. The standard InChI is InChI=1S/C17H17Cl3N5O7P/c18-8-2-1-7(10(19)11(8)20)3-21-15-12-16(23-5-22-15)25(6-24-12)17-14(27)13(26)9(32-17)4-31-33(28,29)30/h1-2,5-6,9,13-14,17,26-27H,3-4H2,(H,21,22,23)(H2,28,29,30)/t9-,13-,14-,17-/m1/s1. The van der Waals surface area contributed by atoms with Gasteiger partial charge in [0.05, 0.1) is 28.0 Å². The Morgan fingerprint density at radius 1 is 1.12 bits per heavy atom. The molecular formula is C17H17Cl3N5O7P. The van der Waals surface area contributed by atoms with Gasteiger partial charge in [-0.25, -0.2) is 19.5 Å². The molecular weight excluding hydrogens is 524 g/mol. The minimum absolute atomic E-state index is 0.234. The van der Waals surface area contributed by atoms with Crippen LogP contribution in [0.2, 0.25) is 15.1 Å². The van der Waals surface area contributed by atoms with Crippen molar-refractivity contribution in [2.24, 2.45) is 0 Å². The van der Waals surface area contributed by atoms with Crippen LogP contribution in [0.25, 0.3) is 11.2 Å². The maximum absolute atomic E-state index is 10.9. The van der Waals surface area contributed by atoms with E-state index in [0.29, 0.717) is 26.9 Å². The van der Waals surface area contributed by atoms with Gasteiger partial charge in [-0.15, -0.1) is 0 Å². The van der Waals surface area contributed by atoms with Crippen LogP contribution >= 0.6 is 42.6 Å². The molecule has 5 N–H and O–H groups in total. The van der Waals surface area contributed by atoms with Crippen LogP contribution in [0.4, 0.5) is 5.82 Å². The third kappa shape index (κ3) is 5.10. The molecule has 4 atom stereocenters. The Kier molecular flexibility index (Phi) is 7.13. The molecule has 0 saturated carbocycles. The van der Waals surface area contributed by atoms with Crippen LogP contribution in [0, 0.1) is 0 Å². The molecule has 0 spiro atoms. The Labute approximate surface area is 201 Å². The average Bonchev–Trinajstić information content (AvgIpc) is 3.31. The van der Waals surface area contributed by atoms with E-state index in [1.165, 1.54) is 17.2 Å². The van der Waals surface area contributed by atoms with Gasteiger partial charge in [0.2, 0.25) is 0 Å². The normalized spacial score (nSPS) is 23.4. The number of benzene rings is 1. The highest BCUT2D eigenvalue weighted by Gasteiger charge is 2.45. The average molecular weight is 541 g/mol. The summed E-state index contributed by atoms with van der Waals surface area (Å²) >= 11 is 18.3. The number of aliphatic hydroxyl groups excluding tert-OH is 2. The molecule has 178 valence electrons. The van der Waals surface area contributed by atoms with Crippen molar-refractivity contribution in [1.82, 2.24) is 19.5 Å². The first-order valence-corrected chi connectivity index (χ1v) is 12.0. The van der Waals surface area contributed by atoms with Gasteiger partial charge in [-0.1, -0.05) is 40.9 Å². The number of aromatic nitrogens is 4. The van der Waals surface area contributed by atoms with Crippen LogP contribution in [0.15, 0.2) is 24.8 Å².